The standard InChI is InChI=1S/C15H18F3N/c1-14(5-6-14)10-19-7-4-11-2-3-13(15(16,17)18)8-12(11)9-19/h2-3,8H,4-7,9-10H2,1H3. The van der Waals surface area contributed by atoms with Crippen molar-refractivity contribution in [3.63, 3.8) is 0 Å². The highest BCUT2D eigenvalue weighted by atomic mass is 19.4. The van der Waals surface area contributed by atoms with Crippen molar-refractivity contribution in [2.75, 3.05) is 13.1 Å². The van der Waals surface area contributed by atoms with E-state index in [1.807, 2.05) is 0 Å². The van der Waals surface area contributed by atoms with Crippen LogP contribution in [0.5, 0.6) is 0 Å². The predicted molar refractivity (Wildman–Crippen MR) is 67.8 cm³/mol. The largest absolute Gasteiger partial charge is 0.416 e. The lowest BCUT2D eigenvalue weighted by Crippen LogP contribution is -2.34. The molecule has 19 heavy (non-hydrogen) atoms. The summed E-state index contributed by atoms with van der Waals surface area (Å²) in [6.45, 7) is 4.90. The molecule has 1 heterocycles. The van der Waals surface area contributed by atoms with Crippen LogP contribution in [0.25, 0.3) is 0 Å². The van der Waals surface area contributed by atoms with Gasteiger partial charge in [0.15, 0.2) is 0 Å². The van der Waals surface area contributed by atoms with E-state index >= 15 is 0 Å². The molecule has 0 aromatic heterocycles. The molecule has 2 aliphatic rings. The van der Waals surface area contributed by atoms with E-state index in [-0.39, 0.29) is 0 Å². The van der Waals surface area contributed by atoms with Gasteiger partial charge in [0.2, 0.25) is 0 Å². The molecular formula is C15H18F3N. The SMILES string of the molecule is CC1(CN2CCc3ccc(C(F)(F)F)cc3C2)CC1. The third-order valence-electron chi connectivity index (χ3n) is 4.33. The highest BCUT2D eigenvalue weighted by Gasteiger charge is 2.39. The second-order valence-electron chi connectivity index (χ2n) is 6.25. The Balaban J connectivity index is 1.78. The molecule has 1 aromatic rings. The van der Waals surface area contributed by atoms with Crippen LogP contribution in [0.2, 0.25) is 0 Å². The molecule has 0 unspecified atom stereocenters. The molecule has 1 aliphatic carbocycles. The lowest BCUT2D eigenvalue weighted by atomic mass is 9.96. The van der Waals surface area contributed by atoms with Crippen molar-refractivity contribution >= 4 is 0 Å². The molecule has 0 saturated heterocycles. The lowest BCUT2D eigenvalue weighted by Gasteiger charge is -2.31. The van der Waals surface area contributed by atoms with Crippen LogP contribution in [-0.2, 0) is 19.1 Å². The number of alkyl halides is 3. The zero-order valence-electron chi connectivity index (χ0n) is 11.1. The number of hydrogen-bond donors (Lipinski definition) is 0. The highest BCUT2D eigenvalue weighted by molar-refractivity contribution is 5.35. The number of benzene rings is 1. The summed E-state index contributed by atoms with van der Waals surface area (Å²) in [7, 11) is 0. The smallest absolute Gasteiger partial charge is 0.298 e. The van der Waals surface area contributed by atoms with Gasteiger partial charge in [0.05, 0.1) is 5.56 Å². The average Bonchev–Trinajstić information content (AvgIpc) is 3.04. The van der Waals surface area contributed by atoms with Crippen LogP contribution in [0.4, 0.5) is 13.2 Å². The maximum absolute atomic E-state index is 12.7. The van der Waals surface area contributed by atoms with Crippen LogP contribution in [0.3, 0.4) is 0 Å². The Kier molecular flexibility index (Phi) is 2.89. The van der Waals surface area contributed by atoms with Gasteiger partial charge in [0.1, 0.15) is 0 Å². The van der Waals surface area contributed by atoms with Gasteiger partial charge in [-0.2, -0.15) is 13.2 Å². The van der Waals surface area contributed by atoms with Gasteiger partial charge in [-0.25, -0.2) is 0 Å². The normalized spacial score (nSPS) is 22.1. The van der Waals surface area contributed by atoms with Crippen LogP contribution in [-0.4, -0.2) is 18.0 Å². The summed E-state index contributed by atoms with van der Waals surface area (Å²) < 4.78 is 38.2. The first-order valence-corrected chi connectivity index (χ1v) is 6.77. The van der Waals surface area contributed by atoms with Crippen molar-refractivity contribution in [1.82, 2.24) is 4.90 Å². The zero-order chi connectivity index (χ0) is 13.7. The maximum atomic E-state index is 12.7. The van der Waals surface area contributed by atoms with Crippen LogP contribution in [0.15, 0.2) is 18.2 Å². The molecule has 1 saturated carbocycles. The Labute approximate surface area is 111 Å². The van der Waals surface area contributed by atoms with Gasteiger partial charge in [0.25, 0.3) is 0 Å². The lowest BCUT2D eigenvalue weighted by molar-refractivity contribution is -0.137. The quantitative estimate of drug-likeness (QED) is 0.788. The Hall–Kier alpha value is -1.03. The van der Waals surface area contributed by atoms with Gasteiger partial charge in [0, 0.05) is 19.6 Å². The van der Waals surface area contributed by atoms with Gasteiger partial charge in [-0.3, -0.25) is 4.90 Å². The molecule has 0 amide bonds. The monoisotopic (exact) mass is 269 g/mol. The number of halogens is 3. The number of rotatable bonds is 2. The molecule has 3 rings (SSSR count). The maximum Gasteiger partial charge on any atom is 0.416 e. The summed E-state index contributed by atoms with van der Waals surface area (Å²) >= 11 is 0. The van der Waals surface area contributed by atoms with Gasteiger partial charge >= 0.3 is 6.18 Å². The molecule has 1 aliphatic heterocycles. The van der Waals surface area contributed by atoms with Gasteiger partial charge < -0.3 is 0 Å². The number of hydrogen-bond acceptors (Lipinski definition) is 1. The summed E-state index contributed by atoms with van der Waals surface area (Å²) in [4.78, 5) is 2.30. The third kappa shape index (κ3) is 2.78. The van der Waals surface area contributed by atoms with Crippen LogP contribution < -0.4 is 0 Å². The summed E-state index contributed by atoms with van der Waals surface area (Å²) in [6, 6.07) is 4.18. The number of fused-ring (bicyclic) bond motifs is 1. The fourth-order valence-corrected chi connectivity index (χ4v) is 2.84. The van der Waals surface area contributed by atoms with Crippen molar-refractivity contribution < 1.29 is 13.2 Å². The first-order valence-electron chi connectivity index (χ1n) is 6.77. The van der Waals surface area contributed by atoms with E-state index in [1.165, 1.54) is 25.0 Å². The molecule has 1 aromatic carbocycles. The topological polar surface area (TPSA) is 3.24 Å². The summed E-state index contributed by atoms with van der Waals surface area (Å²) in [5, 5.41) is 0. The molecule has 104 valence electrons. The number of nitrogens with zero attached hydrogens (tertiary/aromatic N) is 1. The molecule has 0 N–H and O–H groups in total. The predicted octanol–water partition coefficient (Wildman–Crippen LogP) is 3.86. The zero-order valence-corrected chi connectivity index (χ0v) is 11.1. The Morgan fingerprint density at radius 3 is 2.58 bits per heavy atom. The van der Waals surface area contributed by atoms with E-state index in [9.17, 15) is 13.2 Å². The Bertz CT molecular complexity index is 489. The second kappa shape index (κ2) is 4.23. The molecular weight excluding hydrogens is 251 g/mol. The molecule has 0 radical (unpaired) electrons. The molecule has 4 heteroatoms. The van der Waals surface area contributed by atoms with Crippen LogP contribution in [0.1, 0.15) is 36.5 Å². The Morgan fingerprint density at radius 1 is 1.21 bits per heavy atom. The van der Waals surface area contributed by atoms with Gasteiger partial charge in [-0.15, -0.1) is 0 Å². The third-order valence-corrected chi connectivity index (χ3v) is 4.33. The second-order valence-corrected chi connectivity index (χ2v) is 6.25. The fourth-order valence-electron chi connectivity index (χ4n) is 2.84. The van der Waals surface area contributed by atoms with Crippen molar-refractivity contribution in [3.05, 3.63) is 34.9 Å². The molecule has 0 atom stereocenters. The van der Waals surface area contributed by atoms with Crippen molar-refractivity contribution in [2.45, 2.75) is 38.9 Å². The first kappa shape index (κ1) is 13.0. The Morgan fingerprint density at radius 2 is 1.95 bits per heavy atom. The molecule has 0 bridgehead atoms. The van der Waals surface area contributed by atoms with E-state index in [4.69, 9.17) is 0 Å². The van der Waals surface area contributed by atoms with Crippen molar-refractivity contribution in [2.24, 2.45) is 5.41 Å². The summed E-state index contributed by atoms with van der Waals surface area (Å²) in [5.74, 6) is 0. The van der Waals surface area contributed by atoms with Crippen molar-refractivity contribution in [1.29, 1.82) is 0 Å². The van der Waals surface area contributed by atoms with E-state index in [0.29, 0.717) is 12.0 Å². The van der Waals surface area contributed by atoms with Crippen LogP contribution >= 0.6 is 0 Å². The molecule has 0 spiro atoms. The fraction of sp³-hybridized carbons (Fsp3) is 0.600. The van der Waals surface area contributed by atoms with Gasteiger partial charge in [-0.1, -0.05) is 13.0 Å². The minimum Gasteiger partial charge on any atom is -0.298 e. The minimum absolute atomic E-state index is 0.416. The first-order chi connectivity index (χ1) is 8.86. The van der Waals surface area contributed by atoms with Crippen molar-refractivity contribution in [3.8, 4) is 0 Å². The highest BCUT2D eigenvalue weighted by Crippen LogP contribution is 2.46. The van der Waals surface area contributed by atoms with E-state index < -0.39 is 11.7 Å². The molecule has 1 fully saturated rings. The molecule has 1 nitrogen and oxygen atoms in total. The van der Waals surface area contributed by atoms with E-state index in [1.54, 1.807) is 6.07 Å². The van der Waals surface area contributed by atoms with Gasteiger partial charge in [-0.05, 0) is 47.9 Å². The van der Waals surface area contributed by atoms with E-state index in [2.05, 4.69) is 11.8 Å². The van der Waals surface area contributed by atoms with Crippen LogP contribution in [0, 0.1) is 5.41 Å². The minimum atomic E-state index is -4.24. The summed E-state index contributed by atoms with van der Waals surface area (Å²) in [5.41, 5.74) is 1.82. The average molecular weight is 269 g/mol. The summed E-state index contributed by atoms with van der Waals surface area (Å²) in [6.07, 6.45) is -0.874. The van der Waals surface area contributed by atoms with E-state index in [0.717, 1.165) is 30.6 Å².